The summed E-state index contributed by atoms with van der Waals surface area (Å²) < 4.78 is 0. The van der Waals surface area contributed by atoms with Gasteiger partial charge in [-0.05, 0) is 56.7 Å². The third kappa shape index (κ3) is 7.25. The monoisotopic (exact) mass is 432 g/mol. The zero-order valence-electron chi connectivity index (χ0n) is 16.2. The molecule has 0 unspecified atom stereocenters. The molecule has 2 amide bonds. The van der Waals surface area contributed by atoms with Gasteiger partial charge < -0.3 is 10.6 Å². The molecule has 154 valence electrons. The molecular formula is C21H25ClN4O2S. The van der Waals surface area contributed by atoms with Gasteiger partial charge in [0.05, 0.1) is 0 Å². The number of aryl methyl sites for hydroxylation is 1. The van der Waals surface area contributed by atoms with Crippen LogP contribution < -0.4 is 10.6 Å². The molecule has 1 aromatic heterocycles. The van der Waals surface area contributed by atoms with E-state index in [4.69, 9.17) is 11.6 Å². The predicted molar refractivity (Wildman–Crippen MR) is 116 cm³/mol. The summed E-state index contributed by atoms with van der Waals surface area (Å²) in [6.45, 7) is 0.706. The molecular weight excluding hydrogens is 408 g/mol. The molecule has 0 saturated carbocycles. The summed E-state index contributed by atoms with van der Waals surface area (Å²) >= 11 is 7.17. The van der Waals surface area contributed by atoms with Crippen molar-refractivity contribution in [2.24, 2.45) is 0 Å². The van der Waals surface area contributed by atoms with Gasteiger partial charge >= 0.3 is 0 Å². The van der Waals surface area contributed by atoms with Crippen molar-refractivity contribution in [1.29, 1.82) is 0 Å². The van der Waals surface area contributed by atoms with Crippen LogP contribution in [0.15, 0.2) is 35.9 Å². The van der Waals surface area contributed by atoms with Gasteiger partial charge in [0.2, 0.25) is 10.9 Å². The van der Waals surface area contributed by atoms with Gasteiger partial charge in [0.1, 0.15) is 5.01 Å². The molecule has 29 heavy (non-hydrogen) atoms. The molecule has 0 aliphatic heterocycles. The van der Waals surface area contributed by atoms with Gasteiger partial charge in [-0.2, -0.15) is 0 Å². The first-order valence-corrected chi connectivity index (χ1v) is 11.1. The van der Waals surface area contributed by atoms with Crippen LogP contribution in [0.3, 0.4) is 0 Å². The van der Waals surface area contributed by atoms with Crippen LogP contribution in [-0.2, 0) is 11.2 Å². The Hall–Kier alpha value is -2.25. The summed E-state index contributed by atoms with van der Waals surface area (Å²) in [6.07, 6.45) is 9.90. The minimum absolute atomic E-state index is 0.0600. The van der Waals surface area contributed by atoms with Crippen LogP contribution >= 0.6 is 22.9 Å². The first kappa shape index (κ1) is 21.5. The topological polar surface area (TPSA) is 84.0 Å². The van der Waals surface area contributed by atoms with E-state index >= 15 is 0 Å². The predicted octanol–water partition coefficient (Wildman–Crippen LogP) is 4.77. The smallest absolute Gasteiger partial charge is 0.286 e. The molecule has 2 N–H and O–H groups in total. The third-order valence-electron chi connectivity index (χ3n) is 4.69. The summed E-state index contributed by atoms with van der Waals surface area (Å²) in [7, 11) is 0. The number of allylic oxidation sites excluding steroid dienone is 1. The van der Waals surface area contributed by atoms with E-state index in [1.54, 1.807) is 24.3 Å². The number of halogens is 1. The van der Waals surface area contributed by atoms with Gasteiger partial charge in [-0.1, -0.05) is 40.7 Å². The minimum Gasteiger partial charge on any atom is -0.356 e. The van der Waals surface area contributed by atoms with E-state index in [0.29, 0.717) is 41.5 Å². The molecule has 0 fully saturated rings. The molecule has 0 radical (unpaired) electrons. The van der Waals surface area contributed by atoms with Crippen molar-refractivity contribution in [2.45, 2.75) is 51.4 Å². The number of anilines is 1. The van der Waals surface area contributed by atoms with Crippen molar-refractivity contribution in [3.8, 4) is 0 Å². The number of aromatic nitrogens is 2. The highest BCUT2D eigenvalue weighted by molar-refractivity contribution is 7.13. The van der Waals surface area contributed by atoms with E-state index in [1.807, 2.05) is 0 Å². The second-order valence-corrected chi connectivity index (χ2v) is 8.53. The van der Waals surface area contributed by atoms with E-state index in [0.717, 1.165) is 11.4 Å². The molecule has 2 aromatic rings. The second kappa shape index (κ2) is 11.1. The van der Waals surface area contributed by atoms with Crippen LogP contribution in [0.5, 0.6) is 0 Å². The third-order valence-corrected chi connectivity index (χ3v) is 5.91. The lowest BCUT2D eigenvalue weighted by Gasteiger charge is -2.12. The van der Waals surface area contributed by atoms with Crippen LogP contribution in [0.25, 0.3) is 0 Å². The number of hydrogen-bond donors (Lipinski definition) is 2. The van der Waals surface area contributed by atoms with E-state index in [1.165, 1.54) is 42.6 Å². The molecule has 1 aliphatic carbocycles. The molecule has 0 bridgehead atoms. The summed E-state index contributed by atoms with van der Waals surface area (Å²) in [6, 6.07) is 6.93. The molecule has 6 nitrogen and oxygen atoms in total. The lowest BCUT2D eigenvalue weighted by Crippen LogP contribution is -2.24. The Balaban J connectivity index is 1.36. The average Bonchev–Trinajstić information content (AvgIpc) is 3.18. The summed E-state index contributed by atoms with van der Waals surface area (Å²) in [5.74, 6) is -0.254. The van der Waals surface area contributed by atoms with Gasteiger partial charge in [-0.3, -0.25) is 9.59 Å². The molecule has 3 rings (SSSR count). The normalized spacial score (nSPS) is 13.6. The summed E-state index contributed by atoms with van der Waals surface area (Å²) in [4.78, 5) is 24.2. The maximum atomic E-state index is 12.3. The molecule has 0 atom stereocenters. The number of rotatable bonds is 9. The van der Waals surface area contributed by atoms with Crippen LogP contribution in [0.2, 0.25) is 5.02 Å². The van der Waals surface area contributed by atoms with Crippen LogP contribution in [0.1, 0.15) is 59.8 Å². The van der Waals surface area contributed by atoms with E-state index in [9.17, 15) is 9.59 Å². The molecule has 0 spiro atoms. The Morgan fingerprint density at radius 2 is 2.07 bits per heavy atom. The number of nitrogens with one attached hydrogen (secondary N) is 2. The van der Waals surface area contributed by atoms with Crippen molar-refractivity contribution in [3.63, 3.8) is 0 Å². The van der Waals surface area contributed by atoms with Crippen molar-refractivity contribution in [2.75, 3.05) is 11.9 Å². The number of nitrogens with zero attached hydrogens (tertiary/aromatic N) is 2. The highest BCUT2D eigenvalue weighted by Crippen LogP contribution is 2.20. The quantitative estimate of drug-likeness (QED) is 0.559. The minimum atomic E-state index is -0.314. The van der Waals surface area contributed by atoms with Crippen LogP contribution in [0, 0.1) is 0 Å². The van der Waals surface area contributed by atoms with Crippen molar-refractivity contribution in [3.05, 3.63) is 51.0 Å². The average molecular weight is 433 g/mol. The van der Waals surface area contributed by atoms with Gasteiger partial charge in [0.15, 0.2) is 0 Å². The van der Waals surface area contributed by atoms with Gasteiger partial charge in [-0.15, -0.1) is 10.2 Å². The summed E-state index contributed by atoms with van der Waals surface area (Å²) in [5.41, 5.74) is 2.08. The number of hydrogen-bond acceptors (Lipinski definition) is 5. The van der Waals surface area contributed by atoms with E-state index in [-0.39, 0.29) is 11.8 Å². The number of carbonyl (C=O) groups excluding carboxylic acids is 2. The van der Waals surface area contributed by atoms with Gasteiger partial charge in [-0.25, -0.2) is 0 Å². The van der Waals surface area contributed by atoms with Gasteiger partial charge in [0.25, 0.3) is 5.91 Å². The van der Waals surface area contributed by atoms with Crippen LogP contribution in [0.4, 0.5) is 5.69 Å². The fourth-order valence-electron chi connectivity index (χ4n) is 3.18. The van der Waals surface area contributed by atoms with E-state index in [2.05, 4.69) is 26.9 Å². The lowest BCUT2D eigenvalue weighted by molar-refractivity contribution is -0.121. The maximum Gasteiger partial charge on any atom is 0.286 e. The standard InChI is InChI=1S/C21H25ClN4O2S/c22-16-8-4-9-17(14-16)24-20(28)21-26-25-19(29-21)11-5-10-18(27)23-13-12-15-6-2-1-3-7-15/h4,6,8-9,14H,1-3,5,7,10-13H2,(H,23,27)(H,24,28). The fourth-order valence-corrected chi connectivity index (χ4v) is 4.15. The first-order chi connectivity index (χ1) is 14.1. The number of carbonyl (C=O) groups is 2. The Morgan fingerprint density at radius 1 is 1.17 bits per heavy atom. The Kier molecular flexibility index (Phi) is 8.19. The highest BCUT2D eigenvalue weighted by Gasteiger charge is 2.13. The van der Waals surface area contributed by atoms with Crippen molar-refractivity contribution in [1.82, 2.24) is 15.5 Å². The van der Waals surface area contributed by atoms with E-state index < -0.39 is 0 Å². The molecule has 1 aliphatic rings. The Labute approximate surface area is 179 Å². The number of benzene rings is 1. The largest absolute Gasteiger partial charge is 0.356 e. The Morgan fingerprint density at radius 3 is 2.86 bits per heavy atom. The second-order valence-electron chi connectivity index (χ2n) is 7.03. The SMILES string of the molecule is O=C(CCCc1nnc(C(=O)Nc2cccc(Cl)c2)s1)NCCC1=CCCCC1. The highest BCUT2D eigenvalue weighted by atomic mass is 35.5. The maximum absolute atomic E-state index is 12.3. The number of amides is 2. The van der Waals surface area contributed by atoms with Crippen molar-refractivity contribution >= 4 is 40.4 Å². The fraction of sp³-hybridized carbons (Fsp3) is 0.429. The Bertz CT molecular complexity index is 881. The zero-order chi connectivity index (χ0) is 20.5. The molecule has 0 saturated heterocycles. The lowest BCUT2D eigenvalue weighted by atomic mass is 9.97. The molecule has 1 heterocycles. The molecule has 8 heteroatoms. The molecule has 1 aromatic carbocycles. The zero-order valence-corrected chi connectivity index (χ0v) is 17.8. The van der Waals surface area contributed by atoms with Crippen LogP contribution in [-0.4, -0.2) is 28.6 Å². The first-order valence-electron chi connectivity index (χ1n) is 9.94. The van der Waals surface area contributed by atoms with Crippen molar-refractivity contribution < 1.29 is 9.59 Å². The summed E-state index contributed by atoms with van der Waals surface area (Å²) in [5, 5.41) is 15.3. The van der Waals surface area contributed by atoms with Gasteiger partial charge in [0, 0.05) is 30.1 Å².